The fourth-order valence-corrected chi connectivity index (χ4v) is 3.11. The molecular weight excluding hydrogens is 336 g/mol. The van der Waals surface area contributed by atoms with Crippen LogP contribution in [0.1, 0.15) is 65.5 Å². The molecule has 0 unspecified atom stereocenters. The van der Waals surface area contributed by atoms with Crippen molar-refractivity contribution < 1.29 is 14.9 Å². The number of rotatable bonds is 6. The summed E-state index contributed by atoms with van der Waals surface area (Å²) in [7, 11) is 0. The van der Waals surface area contributed by atoms with Gasteiger partial charge in [-0.05, 0) is 59.1 Å². The molecule has 148 valence electrons. The molecule has 0 aliphatic heterocycles. The zero-order chi connectivity index (χ0) is 20.2. The molecule has 0 aliphatic rings. The van der Waals surface area contributed by atoms with Gasteiger partial charge in [0.15, 0.2) is 0 Å². The minimum absolute atomic E-state index is 0.0702. The van der Waals surface area contributed by atoms with Crippen LogP contribution < -0.4 is 4.74 Å². The maximum Gasteiger partial charge on any atom is 0.126 e. The van der Waals surface area contributed by atoms with Gasteiger partial charge in [-0.3, -0.25) is 0 Å². The van der Waals surface area contributed by atoms with Crippen LogP contribution in [0.15, 0.2) is 36.4 Å². The molecule has 27 heavy (non-hydrogen) atoms. The van der Waals surface area contributed by atoms with Crippen molar-refractivity contribution in [2.75, 3.05) is 13.2 Å². The highest BCUT2D eigenvalue weighted by Crippen LogP contribution is 2.43. The van der Waals surface area contributed by atoms with E-state index in [1.165, 1.54) is 11.1 Å². The first-order valence-corrected chi connectivity index (χ1v) is 9.76. The van der Waals surface area contributed by atoms with E-state index < -0.39 is 0 Å². The van der Waals surface area contributed by atoms with Gasteiger partial charge in [0.05, 0.1) is 6.61 Å². The Hall–Kier alpha value is -2.00. The summed E-state index contributed by atoms with van der Waals surface area (Å²) in [5.74, 6) is 1.24. The first-order valence-electron chi connectivity index (χ1n) is 9.76. The maximum atomic E-state index is 9.62. The van der Waals surface area contributed by atoms with E-state index in [1.54, 1.807) is 12.1 Å². The van der Waals surface area contributed by atoms with E-state index in [4.69, 9.17) is 9.84 Å². The van der Waals surface area contributed by atoms with Gasteiger partial charge in [-0.25, -0.2) is 0 Å². The predicted molar refractivity (Wildman–Crippen MR) is 113 cm³/mol. The molecule has 0 fully saturated rings. The first kappa shape index (κ1) is 21.3. The number of phenols is 1. The maximum absolute atomic E-state index is 9.62. The van der Waals surface area contributed by atoms with E-state index in [0.717, 1.165) is 29.7 Å². The minimum Gasteiger partial charge on any atom is -0.508 e. The monoisotopic (exact) mass is 370 g/mol. The Morgan fingerprint density at radius 1 is 0.778 bits per heavy atom. The molecule has 0 saturated heterocycles. The predicted octanol–water partition coefficient (Wildman–Crippen LogP) is 5.81. The van der Waals surface area contributed by atoms with Gasteiger partial charge < -0.3 is 14.9 Å². The summed E-state index contributed by atoms with van der Waals surface area (Å²) in [5.41, 5.74) is 4.44. The van der Waals surface area contributed by atoms with Crippen molar-refractivity contribution in [2.45, 2.75) is 65.2 Å². The lowest BCUT2D eigenvalue weighted by atomic mass is 9.77. The fourth-order valence-electron chi connectivity index (χ4n) is 3.11. The third kappa shape index (κ3) is 5.49. The van der Waals surface area contributed by atoms with E-state index in [-0.39, 0.29) is 23.2 Å². The van der Waals surface area contributed by atoms with E-state index >= 15 is 0 Å². The highest BCUT2D eigenvalue weighted by Gasteiger charge is 2.28. The number of aliphatic hydroxyl groups excluding tert-OH is 1. The molecular formula is C24H34O3. The van der Waals surface area contributed by atoms with Crippen molar-refractivity contribution in [3.8, 4) is 22.6 Å². The van der Waals surface area contributed by atoms with Gasteiger partial charge in [0.1, 0.15) is 11.5 Å². The van der Waals surface area contributed by atoms with E-state index in [2.05, 4.69) is 53.7 Å². The number of unbranched alkanes of at least 4 members (excludes halogenated alkanes) is 1. The smallest absolute Gasteiger partial charge is 0.126 e. The van der Waals surface area contributed by atoms with Crippen LogP contribution >= 0.6 is 0 Å². The molecule has 0 aromatic heterocycles. The van der Waals surface area contributed by atoms with Gasteiger partial charge in [-0.2, -0.15) is 0 Å². The summed E-state index contributed by atoms with van der Waals surface area (Å²) in [5, 5.41) is 18.7. The largest absolute Gasteiger partial charge is 0.508 e. The quantitative estimate of drug-likeness (QED) is 0.631. The molecule has 2 aromatic carbocycles. The Kier molecular flexibility index (Phi) is 6.59. The molecule has 3 heteroatoms. The van der Waals surface area contributed by atoms with Crippen LogP contribution in [0.5, 0.6) is 11.5 Å². The number of hydrogen-bond donors (Lipinski definition) is 2. The van der Waals surface area contributed by atoms with Crippen LogP contribution in [0.25, 0.3) is 11.1 Å². The molecule has 0 heterocycles. The Balaban J connectivity index is 2.61. The van der Waals surface area contributed by atoms with Crippen molar-refractivity contribution >= 4 is 0 Å². The molecule has 0 spiro atoms. The second-order valence-electron chi connectivity index (χ2n) is 9.23. The number of benzene rings is 2. The summed E-state index contributed by atoms with van der Waals surface area (Å²) in [6.07, 6.45) is 1.59. The first-order chi connectivity index (χ1) is 12.5. The summed E-state index contributed by atoms with van der Waals surface area (Å²) >= 11 is 0. The van der Waals surface area contributed by atoms with E-state index in [9.17, 15) is 5.11 Å². The lowest BCUT2D eigenvalue weighted by molar-refractivity contribution is 0.248. The molecule has 0 atom stereocenters. The molecule has 2 rings (SSSR count). The summed E-state index contributed by atoms with van der Waals surface area (Å²) in [6, 6.07) is 11.8. The van der Waals surface area contributed by atoms with Crippen molar-refractivity contribution in [1.29, 1.82) is 0 Å². The fraction of sp³-hybridized carbons (Fsp3) is 0.500. The zero-order valence-corrected chi connectivity index (χ0v) is 17.6. The molecule has 2 aromatic rings. The van der Waals surface area contributed by atoms with Crippen LogP contribution in [-0.4, -0.2) is 23.4 Å². The minimum atomic E-state index is -0.0702. The normalized spacial score (nSPS) is 12.3. The third-order valence-electron chi connectivity index (χ3n) is 4.70. The van der Waals surface area contributed by atoms with Gasteiger partial charge in [0.2, 0.25) is 0 Å². The van der Waals surface area contributed by atoms with Crippen molar-refractivity contribution in [1.82, 2.24) is 0 Å². The van der Waals surface area contributed by atoms with E-state index in [1.807, 2.05) is 12.1 Å². The number of aliphatic hydroxyl groups is 1. The number of hydrogen-bond acceptors (Lipinski definition) is 3. The Bertz CT molecular complexity index is 712. The summed E-state index contributed by atoms with van der Waals surface area (Å²) in [4.78, 5) is 0. The Morgan fingerprint density at radius 3 is 1.74 bits per heavy atom. The Labute approximate surface area is 164 Å². The molecule has 0 aliphatic carbocycles. The van der Waals surface area contributed by atoms with Gasteiger partial charge in [-0.1, -0.05) is 53.7 Å². The molecule has 0 amide bonds. The van der Waals surface area contributed by atoms with Crippen LogP contribution in [0.4, 0.5) is 0 Å². The van der Waals surface area contributed by atoms with Crippen molar-refractivity contribution in [3.63, 3.8) is 0 Å². The SMILES string of the molecule is CC(C)(C)c1cc(-c2ccc(O)cc2)cc(C(C)(C)C)c1OCCCCO. The molecule has 2 N–H and O–H groups in total. The third-order valence-corrected chi connectivity index (χ3v) is 4.70. The van der Waals surface area contributed by atoms with Crippen molar-refractivity contribution in [2.24, 2.45) is 0 Å². The van der Waals surface area contributed by atoms with Crippen LogP contribution in [0.3, 0.4) is 0 Å². The second-order valence-corrected chi connectivity index (χ2v) is 9.23. The van der Waals surface area contributed by atoms with Gasteiger partial charge in [0, 0.05) is 17.7 Å². The Morgan fingerprint density at radius 2 is 1.30 bits per heavy atom. The average Bonchev–Trinajstić information content (AvgIpc) is 2.57. The number of aromatic hydroxyl groups is 1. The molecule has 0 radical (unpaired) electrons. The second kappa shape index (κ2) is 8.35. The number of ether oxygens (including phenoxy) is 1. The van der Waals surface area contributed by atoms with Crippen LogP contribution in [0, 0.1) is 0 Å². The van der Waals surface area contributed by atoms with E-state index in [0.29, 0.717) is 6.61 Å². The highest BCUT2D eigenvalue weighted by molar-refractivity contribution is 5.69. The standard InChI is InChI=1S/C24H34O3/c1-23(2,3)20-15-18(17-9-11-19(26)12-10-17)16-21(24(4,5)6)22(20)27-14-8-7-13-25/h9-12,15-16,25-26H,7-8,13-14H2,1-6H3. The van der Waals surface area contributed by atoms with Gasteiger partial charge in [-0.15, -0.1) is 0 Å². The topological polar surface area (TPSA) is 49.7 Å². The summed E-state index contributed by atoms with van der Waals surface area (Å²) < 4.78 is 6.28. The van der Waals surface area contributed by atoms with Gasteiger partial charge in [0.25, 0.3) is 0 Å². The summed E-state index contributed by atoms with van der Waals surface area (Å²) in [6.45, 7) is 14.0. The van der Waals surface area contributed by atoms with Crippen LogP contribution in [-0.2, 0) is 10.8 Å². The molecule has 0 bridgehead atoms. The zero-order valence-electron chi connectivity index (χ0n) is 17.6. The van der Waals surface area contributed by atoms with Crippen LogP contribution in [0.2, 0.25) is 0 Å². The van der Waals surface area contributed by atoms with Crippen molar-refractivity contribution in [3.05, 3.63) is 47.5 Å². The highest BCUT2D eigenvalue weighted by atomic mass is 16.5. The molecule has 0 saturated carbocycles. The lowest BCUT2D eigenvalue weighted by Gasteiger charge is -2.31. The number of phenolic OH excluding ortho intramolecular Hbond substituents is 1. The molecule has 3 nitrogen and oxygen atoms in total. The average molecular weight is 371 g/mol. The lowest BCUT2D eigenvalue weighted by Crippen LogP contribution is -2.20. The van der Waals surface area contributed by atoms with Gasteiger partial charge >= 0.3 is 0 Å².